The first-order valence-electron chi connectivity index (χ1n) is 17.1. The van der Waals surface area contributed by atoms with Crippen LogP contribution in [0.1, 0.15) is 112 Å². The van der Waals surface area contributed by atoms with Gasteiger partial charge in [-0.1, -0.05) is 46.8 Å². The molecule has 43 heavy (non-hydrogen) atoms. The van der Waals surface area contributed by atoms with Crippen LogP contribution < -0.4 is 0 Å². The van der Waals surface area contributed by atoms with Crippen LogP contribution in [-0.4, -0.2) is 62.7 Å². The van der Waals surface area contributed by atoms with Gasteiger partial charge in [-0.05, 0) is 122 Å². The third-order valence-corrected chi connectivity index (χ3v) is 15.5. The maximum atomic E-state index is 13.1. The second-order valence-corrected chi connectivity index (χ2v) is 17.3. The summed E-state index contributed by atoms with van der Waals surface area (Å²) in [6.07, 6.45) is 3.82. The van der Waals surface area contributed by atoms with Gasteiger partial charge in [0.1, 0.15) is 24.1 Å². The molecule has 5 aliphatic carbocycles. The summed E-state index contributed by atoms with van der Waals surface area (Å²) in [5.41, 5.74) is 1.22. The first-order valence-corrected chi connectivity index (χ1v) is 17.1. The molecule has 6 fully saturated rings. The molecule has 4 N–H and O–H groups in total. The van der Waals surface area contributed by atoms with Gasteiger partial charge >= 0.3 is 5.97 Å². The molecule has 0 amide bonds. The predicted molar refractivity (Wildman–Crippen MR) is 163 cm³/mol. The van der Waals surface area contributed by atoms with Crippen molar-refractivity contribution in [3.05, 3.63) is 12.2 Å². The molecule has 0 aromatic rings. The van der Waals surface area contributed by atoms with E-state index in [2.05, 4.69) is 48.1 Å². The van der Waals surface area contributed by atoms with Gasteiger partial charge in [-0.3, -0.25) is 4.79 Å². The van der Waals surface area contributed by atoms with Gasteiger partial charge in [-0.15, -0.1) is 0 Å². The first-order chi connectivity index (χ1) is 19.9. The minimum absolute atomic E-state index is 0.118. The van der Waals surface area contributed by atoms with Crippen molar-refractivity contribution in [1.82, 2.24) is 0 Å². The summed E-state index contributed by atoms with van der Waals surface area (Å²) in [4.78, 5) is 25.0. The summed E-state index contributed by atoms with van der Waals surface area (Å²) in [5, 5.41) is 41.7. The highest BCUT2D eigenvalue weighted by molar-refractivity contribution is 5.85. The van der Waals surface area contributed by atoms with E-state index in [0.717, 1.165) is 57.8 Å². The van der Waals surface area contributed by atoms with E-state index in [-0.39, 0.29) is 27.1 Å². The van der Waals surface area contributed by atoms with Crippen LogP contribution in [0.5, 0.6) is 0 Å². The number of carbonyl (C=O) groups excluding carboxylic acids is 1. The normalized spacial score (nSPS) is 54.1. The lowest BCUT2D eigenvalue weighted by atomic mass is 9.32. The van der Waals surface area contributed by atoms with Crippen molar-refractivity contribution in [3.63, 3.8) is 0 Å². The monoisotopic (exact) mass is 600 g/mol. The number of ketones is 1. The van der Waals surface area contributed by atoms with E-state index in [0.29, 0.717) is 48.2 Å². The molecular weight excluding hydrogens is 544 g/mol. The molecule has 0 radical (unpaired) electrons. The molecule has 5 saturated carbocycles. The minimum Gasteiger partial charge on any atom is -0.479 e. The number of carbonyl (C=O) groups is 2. The average Bonchev–Trinajstić information content (AvgIpc) is 3.31. The number of aliphatic hydroxyl groups excluding tert-OH is 3. The van der Waals surface area contributed by atoms with Crippen molar-refractivity contribution in [2.45, 2.75) is 143 Å². The highest BCUT2D eigenvalue weighted by Gasteiger charge is 2.71. The second-order valence-electron chi connectivity index (χ2n) is 17.3. The number of aliphatic hydroxyl groups is 3. The minimum atomic E-state index is -1.66. The second kappa shape index (κ2) is 10.1. The highest BCUT2D eigenvalue weighted by Crippen LogP contribution is 2.77. The third-order valence-electron chi connectivity index (χ3n) is 15.5. The number of fused-ring (bicyclic) bond motifs is 7. The molecule has 6 aliphatic rings. The zero-order valence-corrected chi connectivity index (χ0v) is 27.3. The van der Waals surface area contributed by atoms with E-state index in [9.17, 15) is 30.0 Å². The van der Waals surface area contributed by atoms with Gasteiger partial charge in [-0.2, -0.15) is 0 Å². The summed E-state index contributed by atoms with van der Waals surface area (Å²) in [5.74, 6) is 1.28. The average molecular weight is 601 g/mol. The van der Waals surface area contributed by atoms with Gasteiger partial charge in [0, 0.05) is 11.8 Å². The number of carboxylic acid groups (broad SMARTS) is 1. The SMILES string of the molecule is C=C(C)[C@@H]1CC[C@]2(C[C@@H]3OC(C(=O)O)[C@@H](O)C(O)C3O)CC[C@]3(C)C(CCC4[C@@]5(C)CCC(=O)C(C)(C)C5CC[C@]43C)C12. The number of ether oxygens (including phenoxy) is 1. The largest absolute Gasteiger partial charge is 0.479 e. The van der Waals surface area contributed by atoms with Gasteiger partial charge in [0.2, 0.25) is 0 Å². The number of Topliss-reactive ketones (excluding diaryl/α,β-unsaturated/α-hetero) is 1. The lowest BCUT2D eigenvalue weighted by Gasteiger charge is -2.72. The lowest BCUT2D eigenvalue weighted by Crippen LogP contribution is -2.66. The number of hydrogen-bond donors (Lipinski definition) is 4. The molecule has 1 aliphatic heterocycles. The molecule has 7 unspecified atom stereocenters. The fourth-order valence-corrected chi connectivity index (χ4v) is 13.2. The van der Waals surface area contributed by atoms with Gasteiger partial charge < -0.3 is 25.2 Å². The highest BCUT2D eigenvalue weighted by atomic mass is 16.6. The van der Waals surface area contributed by atoms with Crippen molar-refractivity contribution in [2.75, 3.05) is 0 Å². The quantitative estimate of drug-likeness (QED) is 0.313. The number of hydrogen-bond acceptors (Lipinski definition) is 6. The van der Waals surface area contributed by atoms with Crippen molar-refractivity contribution < 1.29 is 34.8 Å². The summed E-state index contributed by atoms with van der Waals surface area (Å²) >= 11 is 0. The van der Waals surface area contributed by atoms with Gasteiger partial charge in [0.05, 0.1) is 6.10 Å². The number of carboxylic acids is 1. The fraction of sp³-hybridized carbons (Fsp3) is 0.889. The molecule has 14 atom stereocenters. The number of rotatable bonds is 4. The Kier molecular flexibility index (Phi) is 7.45. The number of allylic oxidation sites excluding steroid dienone is 1. The number of aliphatic carboxylic acids is 1. The van der Waals surface area contributed by atoms with Crippen LogP contribution in [-0.2, 0) is 14.3 Å². The summed E-state index contributed by atoms with van der Waals surface area (Å²) in [6.45, 7) is 18.7. The Morgan fingerprint density at radius 1 is 0.860 bits per heavy atom. The standard InChI is InChI=1S/C36H56O7/c1-19(2)20-10-15-36(18-22-27(38)28(39)29(40)30(43-22)31(41)42)17-16-34(6)21(26(20)36)8-9-24-33(5)13-12-25(37)32(3,4)23(33)11-14-35(24,34)7/h20-24,26-30,38-40H,1,8-18H2,2-7H3,(H,41,42)/t20-,21?,22-,23?,24?,26?,27?,28?,29-,30?,33-,34+,35+,36+/m0/s1. The topological polar surface area (TPSA) is 124 Å². The molecule has 242 valence electrons. The first kappa shape index (κ1) is 31.7. The van der Waals surface area contributed by atoms with Crippen LogP contribution in [0.15, 0.2) is 12.2 Å². The lowest BCUT2D eigenvalue weighted by molar-refractivity contribution is -0.251. The molecule has 1 saturated heterocycles. The van der Waals surface area contributed by atoms with Crippen LogP contribution in [0.25, 0.3) is 0 Å². The molecule has 0 aromatic heterocycles. The Hall–Kier alpha value is -1.28. The van der Waals surface area contributed by atoms with Gasteiger partial charge in [0.25, 0.3) is 0 Å². The zero-order chi connectivity index (χ0) is 31.5. The van der Waals surface area contributed by atoms with Gasteiger partial charge in [-0.25, -0.2) is 4.79 Å². The maximum Gasteiger partial charge on any atom is 0.335 e. The third kappa shape index (κ3) is 4.19. The van der Waals surface area contributed by atoms with Gasteiger partial charge in [0.15, 0.2) is 6.10 Å². The van der Waals surface area contributed by atoms with Crippen molar-refractivity contribution in [1.29, 1.82) is 0 Å². The molecule has 7 heteroatoms. The van der Waals surface area contributed by atoms with Crippen molar-refractivity contribution >= 4 is 11.8 Å². The van der Waals surface area contributed by atoms with E-state index in [1.807, 2.05) is 0 Å². The molecule has 0 bridgehead atoms. The smallest absolute Gasteiger partial charge is 0.335 e. The van der Waals surface area contributed by atoms with Crippen molar-refractivity contribution in [3.8, 4) is 0 Å². The summed E-state index contributed by atoms with van der Waals surface area (Å²) < 4.78 is 5.90. The van der Waals surface area contributed by atoms with E-state index >= 15 is 0 Å². The van der Waals surface area contributed by atoms with Crippen molar-refractivity contribution in [2.24, 2.45) is 56.7 Å². The molecule has 0 spiro atoms. The van der Waals surface area contributed by atoms with E-state index < -0.39 is 36.5 Å². The van der Waals surface area contributed by atoms with Crippen LogP contribution in [0.2, 0.25) is 0 Å². The Labute approximate surface area is 257 Å². The predicted octanol–water partition coefficient (Wildman–Crippen LogP) is 5.54. The Morgan fingerprint density at radius 3 is 2.21 bits per heavy atom. The molecular formula is C36H56O7. The fourth-order valence-electron chi connectivity index (χ4n) is 13.2. The van der Waals surface area contributed by atoms with Crippen LogP contribution in [0.4, 0.5) is 0 Å². The zero-order valence-electron chi connectivity index (χ0n) is 27.3. The van der Waals surface area contributed by atoms with E-state index in [1.54, 1.807) is 0 Å². The summed E-state index contributed by atoms with van der Waals surface area (Å²) in [6, 6.07) is 0. The van der Waals surface area contributed by atoms with Crippen LogP contribution in [0, 0.1) is 56.7 Å². The van der Waals surface area contributed by atoms with E-state index in [4.69, 9.17) is 4.74 Å². The Morgan fingerprint density at radius 2 is 1.56 bits per heavy atom. The van der Waals surface area contributed by atoms with Crippen LogP contribution in [0.3, 0.4) is 0 Å². The molecule has 1 heterocycles. The maximum absolute atomic E-state index is 13.1. The van der Waals surface area contributed by atoms with Crippen LogP contribution >= 0.6 is 0 Å². The molecule has 0 aromatic carbocycles. The Bertz CT molecular complexity index is 1180. The Balaban J connectivity index is 1.35. The molecule has 7 nitrogen and oxygen atoms in total. The molecule has 6 rings (SSSR count). The van der Waals surface area contributed by atoms with E-state index in [1.165, 1.54) is 5.57 Å². The summed E-state index contributed by atoms with van der Waals surface area (Å²) in [7, 11) is 0.